The number of carbonyl (C=O) groups excluding carboxylic acids is 4. The molecule has 52 heavy (non-hydrogen) atoms. The number of alkyl halides is 3. The standard InChI is InChI=1S/C35H42F3N5O7S2/c1-19(2)28-18-51-30(39-28)24-12-9-20(35(36,37)38)14-27(24)40-33(47)50-22-15-25-26(16-22)31(45)43(3)13-7-5-4-6-8-21-17-34(21,41-29(25)44)32(46)42-52(48,49)23-10-11-23/h6,8-9,12,14,18-19,21-23,25-26H,4-5,7,10-11,13,15-17H2,1-3H3,(H,40,47)(H,41,44)(H,42,46)/t21-,22-,25-,26-,34-/m1/s1. The lowest BCUT2D eigenvalue weighted by molar-refractivity contribution is -0.140. The second-order valence-electron chi connectivity index (χ2n) is 14.5. The van der Waals surface area contributed by atoms with Gasteiger partial charge in [0.05, 0.1) is 34.0 Å². The summed E-state index contributed by atoms with van der Waals surface area (Å²) in [4.78, 5) is 60.5. The van der Waals surface area contributed by atoms with Gasteiger partial charge in [-0.3, -0.25) is 24.4 Å². The number of hydrogen-bond acceptors (Lipinski definition) is 9. The Hall–Kier alpha value is -3.99. The van der Waals surface area contributed by atoms with E-state index < -0.39 is 74.3 Å². The molecule has 2 aromatic rings. The molecule has 1 aliphatic heterocycles. The molecule has 3 aliphatic carbocycles. The number of halogens is 3. The predicted molar refractivity (Wildman–Crippen MR) is 186 cm³/mol. The number of benzene rings is 1. The SMILES string of the molecule is CC(C)c1csc(-c2ccc(C(F)(F)F)cc2NC(=O)O[C@@H]2C[C@H]3C(=O)N[C@]4(C(=O)NS(=O)(=O)C5CC5)C[C@H]4C=CCCCCN(C)C(=O)[C@@H]3C2)n1. The Balaban J connectivity index is 1.22. The molecule has 3 fully saturated rings. The molecular weight excluding hydrogens is 724 g/mol. The van der Waals surface area contributed by atoms with Crippen LogP contribution in [0.1, 0.15) is 82.4 Å². The number of carbonyl (C=O) groups is 4. The van der Waals surface area contributed by atoms with Crippen LogP contribution in [0.3, 0.4) is 0 Å². The smallest absolute Gasteiger partial charge is 0.416 e. The number of nitrogens with zero attached hydrogens (tertiary/aromatic N) is 2. The van der Waals surface area contributed by atoms with E-state index in [1.54, 1.807) is 12.4 Å². The maximum absolute atomic E-state index is 14.0. The summed E-state index contributed by atoms with van der Waals surface area (Å²) in [6.45, 7) is 4.28. The molecule has 5 atom stereocenters. The third-order valence-electron chi connectivity index (χ3n) is 10.2. The Labute approximate surface area is 304 Å². The fraction of sp³-hybridized carbons (Fsp3) is 0.571. The summed E-state index contributed by atoms with van der Waals surface area (Å²) in [5.41, 5.74) is -1.68. The van der Waals surface area contributed by atoms with E-state index in [-0.39, 0.29) is 42.3 Å². The highest BCUT2D eigenvalue weighted by molar-refractivity contribution is 7.91. The molecule has 0 unspecified atom stereocenters. The van der Waals surface area contributed by atoms with Gasteiger partial charge in [-0.2, -0.15) is 13.2 Å². The van der Waals surface area contributed by atoms with E-state index in [2.05, 4.69) is 20.3 Å². The Kier molecular flexibility index (Phi) is 10.5. The van der Waals surface area contributed by atoms with Gasteiger partial charge in [-0.25, -0.2) is 18.2 Å². The van der Waals surface area contributed by atoms with E-state index in [0.717, 1.165) is 24.2 Å². The first kappa shape index (κ1) is 37.8. The van der Waals surface area contributed by atoms with Crippen molar-refractivity contribution >= 4 is 50.9 Å². The normalized spacial score (nSPS) is 26.9. The lowest BCUT2D eigenvalue weighted by Crippen LogP contribution is -2.54. The summed E-state index contributed by atoms with van der Waals surface area (Å²) in [6.07, 6.45) is -0.0628. The number of anilines is 1. The Morgan fingerprint density at radius 3 is 2.54 bits per heavy atom. The number of hydrogen-bond donors (Lipinski definition) is 3. The minimum Gasteiger partial charge on any atom is -0.446 e. The Morgan fingerprint density at radius 1 is 1.13 bits per heavy atom. The van der Waals surface area contributed by atoms with E-state index in [1.807, 2.05) is 26.0 Å². The first-order valence-corrected chi connectivity index (χ1v) is 19.9. The van der Waals surface area contributed by atoms with Crippen LogP contribution in [0.15, 0.2) is 35.7 Å². The summed E-state index contributed by atoms with van der Waals surface area (Å²) in [6, 6.07) is 2.95. The summed E-state index contributed by atoms with van der Waals surface area (Å²) >= 11 is 1.22. The molecule has 0 saturated heterocycles. The van der Waals surface area contributed by atoms with Crippen molar-refractivity contribution < 1.29 is 45.5 Å². The maximum Gasteiger partial charge on any atom is 0.416 e. The van der Waals surface area contributed by atoms with Crippen LogP contribution in [0.4, 0.5) is 23.7 Å². The van der Waals surface area contributed by atoms with Crippen molar-refractivity contribution in [3.63, 3.8) is 0 Å². The first-order chi connectivity index (χ1) is 24.5. The number of nitrogens with one attached hydrogen (secondary N) is 3. The predicted octanol–water partition coefficient (Wildman–Crippen LogP) is 5.58. The zero-order valence-electron chi connectivity index (χ0n) is 29.0. The molecule has 3 N–H and O–H groups in total. The van der Waals surface area contributed by atoms with Crippen molar-refractivity contribution in [1.29, 1.82) is 0 Å². The molecule has 0 bridgehead atoms. The van der Waals surface area contributed by atoms with Gasteiger partial charge in [0.15, 0.2) is 0 Å². The number of allylic oxidation sites excluding steroid dienone is 1. The van der Waals surface area contributed by atoms with Gasteiger partial charge in [-0.15, -0.1) is 11.3 Å². The molecule has 3 saturated carbocycles. The summed E-state index contributed by atoms with van der Waals surface area (Å²) < 4.78 is 74.3. The maximum atomic E-state index is 14.0. The molecule has 1 aromatic heterocycles. The van der Waals surface area contributed by atoms with E-state index in [1.165, 1.54) is 22.3 Å². The van der Waals surface area contributed by atoms with Crippen LogP contribution in [-0.4, -0.2) is 72.6 Å². The van der Waals surface area contributed by atoms with Gasteiger partial charge in [-0.05, 0) is 75.5 Å². The van der Waals surface area contributed by atoms with Crippen LogP contribution in [0.2, 0.25) is 0 Å². The van der Waals surface area contributed by atoms with Crippen molar-refractivity contribution in [2.75, 3.05) is 18.9 Å². The quantitative estimate of drug-likeness (QED) is 0.308. The van der Waals surface area contributed by atoms with Crippen LogP contribution >= 0.6 is 11.3 Å². The number of fused-ring (bicyclic) bond motifs is 2. The van der Waals surface area contributed by atoms with Crippen molar-refractivity contribution in [2.24, 2.45) is 17.8 Å². The van der Waals surface area contributed by atoms with Gasteiger partial charge in [0, 0.05) is 30.5 Å². The molecular formula is C35H42F3N5O7S2. The van der Waals surface area contributed by atoms with Crippen LogP contribution in [0.5, 0.6) is 0 Å². The zero-order chi connectivity index (χ0) is 37.6. The molecule has 17 heteroatoms. The van der Waals surface area contributed by atoms with Crippen LogP contribution in [0, 0.1) is 17.8 Å². The zero-order valence-corrected chi connectivity index (χ0v) is 30.6. The molecule has 1 aromatic carbocycles. The average molecular weight is 766 g/mol. The van der Waals surface area contributed by atoms with Gasteiger partial charge in [0.25, 0.3) is 5.91 Å². The number of rotatable bonds is 7. The largest absolute Gasteiger partial charge is 0.446 e. The Bertz CT molecular complexity index is 1880. The molecule has 0 radical (unpaired) electrons. The molecule has 12 nitrogen and oxygen atoms in total. The third-order valence-corrected chi connectivity index (χ3v) is 12.9. The minimum absolute atomic E-state index is 0.0487. The molecule has 6 rings (SSSR count). The Morgan fingerprint density at radius 2 is 1.87 bits per heavy atom. The molecule has 0 spiro atoms. The lowest BCUT2D eigenvalue weighted by atomic mass is 9.93. The van der Waals surface area contributed by atoms with Gasteiger partial charge in [-0.1, -0.05) is 26.0 Å². The number of aromatic nitrogens is 1. The van der Waals surface area contributed by atoms with Crippen molar-refractivity contribution in [3.8, 4) is 10.6 Å². The lowest BCUT2D eigenvalue weighted by Gasteiger charge is -2.26. The average Bonchev–Trinajstić information content (AvgIpc) is 3.94. The van der Waals surface area contributed by atoms with E-state index in [9.17, 15) is 40.8 Å². The van der Waals surface area contributed by atoms with E-state index >= 15 is 0 Å². The van der Waals surface area contributed by atoms with E-state index in [4.69, 9.17) is 4.74 Å². The van der Waals surface area contributed by atoms with Crippen LogP contribution in [-0.2, 0) is 35.3 Å². The summed E-state index contributed by atoms with van der Waals surface area (Å²) in [5.74, 6) is -4.22. The van der Waals surface area contributed by atoms with Gasteiger partial charge in [0.1, 0.15) is 16.7 Å². The highest BCUT2D eigenvalue weighted by Gasteiger charge is 2.62. The fourth-order valence-electron chi connectivity index (χ4n) is 6.87. The highest BCUT2D eigenvalue weighted by atomic mass is 32.2. The summed E-state index contributed by atoms with van der Waals surface area (Å²) in [7, 11) is -2.29. The number of thiazole rings is 1. The molecule has 4 amide bonds. The van der Waals surface area contributed by atoms with Gasteiger partial charge >= 0.3 is 12.3 Å². The monoisotopic (exact) mass is 765 g/mol. The van der Waals surface area contributed by atoms with Crippen LogP contribution in [0.25, 0.3) is 10.6 Å². The van der Waals surface area contributed by atoms with Crippen molar-refractivity contribution in [3.05, 3.63) is 47.0 Å². The van der Waals surface area contributed by atoms with Crippen molar-refractivity contribution in [2.45, 2.75) is 94.2 Å². The second kappa shape index (κ2) is 14.4. The van der Waals surface area contributed by atoms with Crippen molar-refractivity contribution in [1.82, 2.24) is 19.9 Å². The molecule has 2 heterocycles. The van der Waals surface area contributed by atoms with Crippen LogP contribution < -0.4 is 15.4 Å². The third kappa shape index (κ3) is 8.14. The second-order valence-corrected chi connectivity index (χ2v) is 17.3. The van der Waals surface area contributed by atoms with Gasteiger partial charge < -0.3 is 15.0 Å². The fourth-order valence-corrected chi connectivity index (χ4v) is 9.25. The number of ether oxygens (including phenoxy) is 1. The first-order valence-electron chi connectivity index (χ1n) is 17.4. The number of amides is 4. The molecule has 4 aliphatic rings. The minimum atomic E-state index is -4.69. The topological polar surface area (TPSA) is 164 Å². The summed E-state index contributed by atoms with van der Waals surface area (Å²) in [5, 5.41) is 6.75. The van der Waals surface area contributed by atoms with E-state index in [0.29, 0.717) is 37.2 Å². The number of sulfonamides is 1. The molecule has 282 valence electrons. The highest BCUT2D eigenvalue weighted by Crippen LogP contribution is 2.47. The van der Waals surface area contributed by atoms with Gasteiger partial charge in [0.2, 0.25) is 21.8 Å².